The normalized spacial score (nSPS) is 16.9. The van der Waals surface area contributed by atoms with Gasteiger partial charge >= 0.3 is 12.1 Å². The van der Waals surface area contributed by atoms with E-state index in [4.69, 9.17) is 14.6 Å². The molecule has 1 saturated heterocycles. The Morgan fingerprint density at radius 2 is 1.80 bits per heavy atom. The van der Waals surface area contributed by atoms with Crippen LogP contribution in [0, 0.1) is 0 Å². The number of halogens is 3. The van der Waals surface area contributed by atoms with E-state index in [0.717, 1.165) is 24.1 Å². The smallest absolute Gasteiger partial charge is 0.475 e. The van der Waals surface area contributed by atoms with E-state index in [1.807, 2.05) is 40.1 Å². The fourth-order valence-electron chi connectivity index (χ4n) is 4.46. The Morgan fingerprint density at radius 3 is 2.37 bits per heavy atom. The Kier molecular flexibility index (Phi) is 8.11. The number of ether oxygens (including phenoxy) is 1. The first kappa shape index (κ1) is 26.1. The van der Waals surface area contributed by atoms with Crippen LogP contribution in [0.15, 0.2) is 48.8 Å². The average molecular weight is 493 g/mol. The highest BCUT2D eigenvalue weighted by Gasteiger charge is 2.45. The second-order valence-electron chi connectivity index (χ2n) is 8.43. The zero-order valence-corrected chi connectivity index (χ0v) is 19.1. The van der Waals surface area contributed by atoms with Gasteiger partial charge in [-0.3, -0.25) is 14.6 Å². The van der Waals surface area contributed by atoms with Crippen molar-refractivity contribution in [3.05, 3.63) is 59.9 Å². The van der Waals surface area contributed by atoms with E-state index in [-0.39, 0.29) is 23.8 Å². The van der Waals surface area contributed by atoms with E-state index in [1.165, 1.54) is 12.7 Å². The Hall–Kier alpha value is -3.47. The lowest BCUT2D eigenvalue weighted by Crippen LogP contribution is -2.51. The summed E-state index contributed by atoms with van der Waals surface area (Å²) in [5.41, 5.74) is 3.03. The van der Waals surface area contributed by atoms with E-state index < -0.39 is 12.1 Å². The maximum absolute atomic E-state index is 13.2. The van der Waals surface area contributed by atoms with Crippen molar-refractivity contribution in [3.8, 4) is 0 Å². The molecule has 4 rings (SSSR count). The van der Waals surface area contributed by atoms with E-state index in [9.17, 15) is 22.8 Å². The average Bonchev–Trinajstić information content (AvgIpc) is 2.83. The number of amides is 2. The summed E-state index contributed by atoms with van der Waals surface area (Å²) in [6.07, 6.45) is 0.539. The zero-order chi connectivity index (χ0) is 25.6. The summed E-state index contributed by atoms with van der Waals surface area (Å²) in [5, 5.41) is 7.12. The number of carboxylic acids is 1. The van der Waals surface area contributed by atoms with Gasteiger partial charge in [0.05, 0.1) is 6.54 Å². The van der Waals surface area contributed by atoms with Gasteiger partial charge < -0.3 is 19.6 Å². The van der Waals surface area contributed by atoms with Crippen LogP contribution in [0.25, 0.3) is 0 Å². The van der Waals surface area contributed by atoms with Crippen LogP contribution in [0.4, 0.5) is 18.9 Å². The van der Waals surface area contributed by atoms with E-state index in [2.05, 4.69) is 11.1 Å². The number of aliphatic carboxylic acids is 1. The van der Waals surface area contributed by atoms with Crippen LogP contribution < -0.4 is 4.90 Å². The summed E-state index contributed by atoms with van der Waals surface area (Å²) in [6.45, 7) is 1.96. The Balaban J connectivity index is 0.000000429. The molecule has 188 valence electrons. The molecule has 3 heterocycles. The standard InChI is InChI=1S/C22H25N3O3.C2HF3O2/c1-28-16-21(27)24-11-8-22(9-12-24)13-20(26)25(15-17-5-4-10-23-14-17)19-7-3-2-6-18(19)22;3-2(4,5)1(6)7/h2-7,10,14H,8-9,11-13,15-16H2,1H3;(H,6,7). The third kappa shape index (κ3) is 6.16. The second kappa shape index (κ2) is 10.9. The topological polar surface area (TPSA) is 100 Å². The van der Waals surface area contributed by atoms with Crippen LogP contribution in [-0.4, -0.2) is 65.8 Å². The van der Waals surface area contributed by atoms with Gasteiger partial charge in [-0.15, -0.1) is 0 Å². The molecule has 2 amide bonds. The molecule has 1 fully saturated rings. The van der Waals surface area contributed by atoms with Crippen LogP contribution in [0.2, 0.25) is 0 Å². The highest BCUT2D eigenvalue weighted by molar-refractivity contribution is 5.98. The minimum Gasteiger partial charge on any atom is -0.475 e. The molecule has 35 heavy (non-hydrogen) atoms. The minimum absolute atomic E-state index is 0.0194. The minimum atomic E-state index is -5.08. The molecule has 1 aromatic heterocycles. The molecule has 0 radical (unpaired) electrons. The summed E-state index contributed by atoms with van der Waals surface area (Å²) < 4.78 is 36.7. The largest absolute Gasteiger partial charge is 0.490 e. The number of benzene rings is 1. The number of carboxylic acid groups (broad SMARTS) is 1. The number of nitrogens with zero attached hydrogens (tertiary/aromatic N) is 3. The number of aromatic nitrogens is 1. The molecule has 0 atom stereocenters. The number of hydrogen-bond donors (Lipinski definition) is 1. The Bertz CT molecular complexity index is 1050. The lowest BCUT2D eigenvalue weighted by molar-refractivity contribution is -0.192. The third-order valence-electron chi connectivity index (χ3n) is 6.20. The van der Waals surface area contributed by atoms with E-state index >= 15 is 0 Å². The molecule has 0 saturated carbocycles. The molecule has 0 aliphatic carbocycles. The number of fused-ring (bicyclic) bond motifs is 2. The molecule has 11 heteroatoms. The number of carbonyl (C=O) groups is 3. The van der Waals surface area contributed by atoms with Gasteiger partial charge in [-0.1, -0.05) is 24.3 Å². The van der Waals surface area contributed by atoms with Gasteiger partial charge in [-0.25, -0.2) is 4.79 Å². The maximum Gasteiger partial charge on any atom is 0.490 e. The molecule has 2 aliphatic heterocycles. The Morgan fingerprint density at radius 1 is 1.14 bits per heavy atom. The predicted molar refractivity (Wildman–Crippen MR) is 120 cm³/mol. The van der Waals surface area contributed by atoms with Gasteiger partial charge in [-0.2, -0.15) is 13.2 Å². The van der Waals surface area contributed by atoms with Crippen LogP contribution in [-0.2, 0) is 31.1 Å². The van der Waals surface area contributed by atoms with E-state index in [1.54, 1.807) is 12.4 Å². The van der Waals surface area contributed by atoms with Crippen LogP contribution >= 0.6 is 0 Å². The van der Waals surface area contributed by atoms with Crippen molar-refractivity contribution in [1.82, 2.24) is 9.88 Å². The summed E-state index contributed by atoms with van der Waals surface area (Å²) in [5.74, 6) is -2.60. The number of anilines is 1. The summed E-state index contributed by atoms with van der Waals surface area (Å²) in [6, 6.07) is 12.1. The van der Waals surface area contributed by atoms with Crippen LogP contribution in [0.3, 0.4) is 0 Å². The molecule has 0 unspecified atom stereocenters. The van der Waals surface area contributed by atoms with Crippen molar-refractivity contribution in [2.45, 2.75) is 37.4 Å². The molecular formula is C24H26F3N3O5. The lowest BCUT2D eigenvalue weighted by Gasteiger charge is -2.47. The van der Waals surface area contributed by atoms with Crippen molar-refractivity contribution >= 4 is 23.5 Å². The first-order chi connectivity index (χ1) is 16.6. The quantitative estimate of drug-likeness (QED) is 0.703. The lowest BCUT2D eigenvalue weighted by atomic mass is 9.67. The number of rotatable bonds is 4. The van der Waals surface area contributed by atoms with E-state index in [0.29, 0.717) is 26.1 Å². The number of para-hydroxylation sites is 1. The molecular weight excluding hydrogens is 467 g/mol. The van der Waals surface area contributed by atoms with Crippen molar-refractivity contribution in [1.29, 1.82) is 0 Å². The summed E-state index contributed by atoms with van der Waals surface area (Å²) in [7, 11) is 1.54. The van der Waals surface area contributed by atoms with Gasteiger partial charge in [0.25, 0.3) is 0 Å². The zero-order valence-electron chi connectivity index (χ0n) is 19.1. The van der Waals surface area contributed by atoms with Crippen molar-refractivity contribution in [2.24, 2.45) is 0 Å². The molecule has 2 aliphatic rings. The fourth-order valence-corrected chi connectivity index (χ4v) is 4.46. The number of methoxy groups -OCH3 is 1. The number of pyridine rings is 1. The van der Waals surface area contributed by atoms with Gasteiger partial charge in [0, 0.05) is 50.1 Å². The van der Waals surface area contributed by atoms with Gasteiger partial charge in [0.1, 0.15) is 6.61 Å². The van der Waals surface area contributed by atoms with Crippen molar-refractivity contribution in [3.63, 3.8) is 0 Å². The van der Waals surface area contributed by atoms with Gasteiger partial charge in [0.2, 0.25) is 11.8 Å². The predicted octanol–water partition coefficient (Wildman–Crippen LogP) is 3.16. The number of alkyl halides is 3. The molecule has 1 spiro atoms. The van der Waals surface area contributed by atoms with Gasteiger partial charge in [0.15, 0.2) is 0 Å². The summed E-state index contributed by atoms with van der Waals surface area (Å²) in [4.78, 5) is 42.1. The monoisotopic (exact) mass is 493 g/mol. The number of likely N-dealkylation sites (tertiary alicyclic amines) is 1. The molecule has 2 aromatic rings. The molecule has 0 bridgehead atoms. The maximum atomic E-state index is 13.2. The highest BCUT2D eigenvalue weighted by Crippen LogP contribution is 2.47. The van der Waals surface area contributed by atoms with Crippen LogP contribution in [0.5, 0.6) is 0 Å². The highest BCUT2D eigenvalue weighted by atomic mass is 19.4. The fraction of sp³-hybridized carbons (Fsp3) is 0.417. The van der Waals surface area contributed by atoms with Crippen molar-refractivity contribution < 1.29 is 37.4 Å². The molecule has 1 aromatic carbocycles. The first-order valence-corrected chi connectivity index (χ1v) is 10.9. The second-order valence-corrected chi connectivity index (χ2v) is 8.43. The van der Waals surface area contributed by atoms with Gasteiger partial charge in [-0.05, 0) is 36.1 Å². The summed E-state index contributed by atoms with van der Waals surface area (Å²) >= 11 is 0. The SMILES string of the molecule is COCC(=O)N1CCC2(CC1)CC(=O)N(Cc1cccnc1)c1ccccc12.O=C(O)C(F)(F)F. The molecule has 8 nitrogen and oxygen atoms in total. The number of hydrogen-bond acceptors (Lipinski definition) is 5. The molecule has 1 N–H and O–H groups in total. The Labute approximate surface area is 200 Å². The van der Waals surface area contributed by atoms with Crippen LogP contribution in [0.1, 0.15) is 30.4 Å². The first-order valence-electron chi connectivity index (χ1n) is 10.9. The number of carbonyl (C=O) groups excluding carboxylic acids is 2. The van der Waals surface area contributed by atoms with Crippen molar-refractivity contribution in [2.75, 3.05) is 31.7 Å². The number of piperidine rings is 1. The third-order valence-corrected chi connectivity index (χ3v) is 6.20.